The second kappa shape index (κ2) is 6.06. The third-order valence-corrected chi connectivity index (χ3v) is 4.10. The van der Waals surface area contributed by atoms with Crippen molar-refractivity contribution in [2.24, 2.45) is 0 Å². The summed E-state index contributed by atoms with van der Waals surface area (Å²) in [5.74, 6) is -0.202. The predicted molar refractivity (Wildman–Crippen MR) is 85.0 cm³/mol. The predicted octanol–water partition coefficient (Wildman–Crippen LogP) is 5.83. The fourth-order valence-corrected chi connectivity index (χ4v) is 2.65. The molecular formula is C15H14Br2FN. The molecule has 0 saturated carbocycles. The van der Waals surface area contributed by atoms with E-state index in [0.29, 0.717) is 5.56 Å². The maximum atomic E-state index is 13.8. The fourth-order valence-electron chi connectivity index (χ4n) is 1.91. The molecule has 19 heavy (non-hydrogen) atoms. The molecule has 0 aliphatic carbocycles. The number of halogens is 3. The lowest BCUT2D eigenvalue weighted by molar-refractivity contribution is 0.600. The van der Waals surface area contributed by atoms with E-state index < -0.39 is 0 Å². The van der Waals surface area contributed by atoms with E-state index >= 15 is 0 Å². The minimum Gasteiger partial charge on any atom is -0.377 e. The number of rotatable bonds is 3. The van der Waals surface area contributed by atoms with Gasteiger partial charge in [0.05, 0.1) is 6.04 Å². The van der Waals surface area contributed by atoms with Gasteiger partial charge in [-0.2, -0.15) is 0 Å². The molecular weight excluding hydrogens is 373 g/mol. The standard InChI is InChI=1S/C15H14Br2FN/c1-9-3-5-13(17)15(7-9)19-10(2)12-8-11(16)4-6-14(12)18/h3-8,10,19H,1-2H3. The van der Waals surface area contributed by atoms with Gasteiger partial charge in [0.15, 0.2) is 0 Å². The van der Waals surface area contributed by atoms with Crippen LogP contribution in [-0.4, -0.2) is 0 Å². The molecule has 1 nitrogen and oxygen atoms in total. The zero-order valence-electron chi connectivity index (χ0n) is 10.7. The molecule has 1 N–H and O–H groups in total. The normalized spacial score (nSPS) is 12.3. The Morgan fingerprint density at radius 1 is 1.11 bits per heavy atom. The van der Waals surface area contributed by atoms with E-state index in [9.17, 15) is 4.39 Å². The van der Waals surface area contributed by atoms with Gasteiger partial charge in [-0.05, 0) is 65.7 Å². The molecule has 0 heterocycles. The van der Waals surface area contributed by atoms with Crippen LogP contribution in [0.25, 0.3) is 0 Å². The number of hydrogen-bond donors (Lipinski definition) is 1. The average Bonchev–Trinajstić information content (AvgIpc) is 2.36. The van der Waals surface area contributed by atoms with Crippen LogP contribution in [0, 0.1) is 12.7 Å². The van der Waals surface area contributed by atoms with Gasteiger partial charge < -0.3 is 5.32 Å². The largest absolute Gasteiger partial charge is 0.377 e. The zero-order chi connectivity index (χ0) is 14.0. The van der Waals surface area contributed by atoms with Crippen LogP contribution in [0.5, 0.6) is 0 Å². The van der Waals surface area contributed by atoms with Gasteiger partial charge in [0, 0.05) is 20.2 Å². The average molecular weight is 387 g/mol. The first-order valence-corrected chi connectivity index (χ1v) is 7.53. The summed E-state index contributed by atoms with van der Waals surface area (Å²) in [6.07, 6.45) is 0. The summed E-state index contributed by atoms with van der Waals surface area (Å²) in [5.41, 5.74) is 2.77. The summed E-state index contributed by atoms with van der Waals surface area (Å²) in [5, 5.41) is 3.33. The van der Waals surface area contributed by atoms with Crippen LogP contribution in [0.2, 0.25) is 0 Å². The Morgan fingerprint density at radius 3 is 2.58 bits per heavy atom. The van der Waals surface area contributed by atoms with Crippen LogP contribution in [-0.2, 0) is 0 Å². The number of hydrogen-bond acceptors (Lipinski definition) is 1. The van der Waals surface area contributed by atoms with Crippen molar-refractivity contribution >= 4 is 37.5 Å². The van der Waals surface area contributed by atoms with Gasteiger partial charge in [-0.25, -0.2) is 4.39 Å². The minimum atomic E-state index is -0.202. The SMILES string of the molecule is Cc1ccc(Br)c(NC(C)c2cc(Br)ccc2F)c1. The van der Waals surface area contributed by atoms with Gasteiger partial charge in [0.25, 0.3) is 0 Å². The van der Waals surface area contributed by atoms with Crippen molar-refractivity contribution in [1.82, 2.24) is 0 Å². The topological polar surface area (TPSA) is 12.0 Å². The molecule has 2 aromatic carbocycles. The lowest BCUT2D eigenvalue weighted by atomic mass is 10.1. The van der Waals surface area contributed by atoms with Crippen LogP contribution in [0.15, 0.2) is 45.3 Å². The molecule has 4 heteroatoms. The Kier molecular flexibility index (Phi) is 4.63. The van der Waals surface area contributed by atoms with E-state index in [1.165, 1.54) is 6.07 Å². The first-order valence-electron chi connectivity index (χ1n) is 5.95. The smallest absolute Gasteiger partial charge is 0.128 e. The quantitative estimate of drug-likeness (QED) is 0.699. The van der Waals surface area contributed by atoms with Crippen LogP contribution >= 0.6 is 31.9 Å². The molecule has 0 aliphatic rings. The van der Waals surface area contributed by atoms with Gasteiger partial charge >= 0.3 is 0 Å². The molecule has 2 aromatic rings. The monoisotopic (exact) mass is 385 g/mol. The fraction of sp³-hybridized carbons (Fsp3) is 0.200. The Hall–Kier alpha value is -0.870. The molecule has 0 aromatic heterocycles. The maximum Gasteiger partial charge on any atom is 0.128 e. The van der Waals surface area contributed by atoms with E-state index in [0.717, 1.165) is 20.2 Å². The second-order valence-electron chi connectivity index (χ2n) is 4.52. The van der Waals surface area contributed by atoms with Crippen LogP contribution < -0.4 is 5.32 Å². The van der Waals surface area contributed by atoms with Crippen molar-refractivity contribution in [1.29, 1.82) is 0 Å². The van der Waals surface area contributed by atoms with E-state index in [4.69, 9.17) is 0 Å². The lowest BCUT2D eigenvalue weighted by Gasteiger charge is -2.18. The molecule has 100 valence electrons. The van der Waals surface area contributed by atoms with Crippen molar-refractivity contribution in [2.75, 3.05) is 5.32 Å². The van der Waals surface area contributed by atoms with Crippen LogP contribution in [0.4, 0.5) is 10.1 Å². The molecule has 0 fully saturated rings. The summed E-state index contributed by atoms with van der Waals surface area (Å²) in [4.78, 5) is 0. The molecule has 0 bridgehead atoms. The Bertz CT molecular complexity index is 599. The first-order chi connectivity index (χ1) is 8.97. The molecule has 1 unspecified atom stereocenters. The van der Waals surface area contributed by atoms with E-state index in [1.807, 2.05) is 32.0 Å². The molecule has 0 saturated heterocycles. The van der Waals surface area contributed by atoms with Crippen molar-refractivity contribution in [3.63, 3.8) is 0 Å². The molecule has 1 atom stereocenters. The highest BCUT2D eigenvalue weighted by molar-refractivity contribution is 9.10. The van der Waals surface area contributed by atoms with Crippen molar-refractivity contribution in [2.45, 2.75) is 19.9 Å². The summed E-state index contributed by atoms with van der Waals surface area (Å²) in [7, 11) is 0. The van der Waals surface area contributed by atoms with Gasteiger partial charge in [0.2, 0.25) is 0 Å². The maximum absolute atomic E-state index is 13.8. The van der Waals surface area contributed by atoms with Gasteiger partial charge in [0.1, 0.15) is 5.82 Å². The summed E-state index contributed by atoms with van der Waals surface area (Å²) in [6, 6.07) is 10.9. The molecule has 0 radical (unpaired) electrons. The summed E-state index contributed by atoms with van der Waals surface area (Å²) in [6.45, 7) is 3.97. The molecule has 2 rings (SSSR count). The van der Waals surface area contributed by atoms with Gasteiger partial charge in [-0.1, -0.05) is 22.0 Å². The Labute approximate surface area is 129 Å². The number of anilines is 1. The zero-order valence-corrected chi connectivity index (χ0v) is 13.8. The highest BCUT2D eigenvalue weighted by Gasteiger charge is 2.12. The number of nitrogens with one attached hydrogen (secondary N) is 1. The molecule has 0 amide bonds. The second-order valence-corrected chi connectivity index (χ2v) is 6.29. The minimum absolute atomic E-state index is 0.115. The van der Waals surface area contributed by atoms with Gasteiger partial charge in [-0.15, -0.1) is 0 Å². The van der Waals surface area contributed by atoms with E-state index in [2.05, 4.69) is 37.2 Å². The van der Waals surface area contributed by atoms with E-state index in [-0.39, 0.29) is 11.9 Å². The third kappa shape index (κ3) is 3.57. The lowest BCUT2D eigenvalue weighted by Crippen LogP contribution is -2.09. The third-order valence-electron chi connectivity index (χ3n) is 2.92. The van der Waals surface area contributed by atoms with E-state index in [1.54, 1.807) is 12.1 Å². The summed E-state index contributed by atoms with van der Waals surface area (Å²) >= 11 is 6.87. The first kappa shape index (κ1) is 14.5. The summed E-state index contributed by atoms with van der Waals surface area (Å²) < 4.78 is 15.7. The van der Waals surface area contributed by atoms with Crippen LogP contribution in [0.3, 0.4) is 0 Å². The van der Waals surface area contributed by atoms with Crippen LogP contribution in [0.1, 0.15) is 24.1 Å². The molecule has 0 spiro atoms. The highest BCUT2D eigenvalue weighted by atomic mass is 79.9. The number of benzene rings is 2. The Balaban J connectivity index is 2.27. The number of aryl methyl sites for hydroxylation is 1. The van der Waals surface area contributed by atoms with Crippen molar-refractivity contribution in [3.8, 4) is 0 Å². The molecule has 0 aliphatic heterocycles. The van der Waals surface area contributed by atoms with Crippen molar-refractivity contribution < 1.29 is 4.39 Å². The Morgan fingerprint density at radius 2 is 1.84 bits per heavy atom. The highest BCUT2D eigenvalue weighted by Crippen LogP contribution is 2.29. The van der Waals surface area contributed by atoms with Crippen molar-refractivity contribution in [3.05, 3.63) is 62.3 Å². The van der Waals surface area contributed by atoms with Gasteiger partial charge in [-0.3, -0.25) is 0 Å².